The Labute approximate surface area is 167 Å². The number of ether oxygens (including phenoxy) is 2. The van der Waals surface area contributed by atoms with Gasteiger partial charge >= 0.3 is 0 Å². The minimum atomic E-state index is 0.0805. The second kappa shape index (κ2) is 9.60. The van der Waals surface area contributed by atoms with Crippen LogP contribution in [0.2, 0.25) is 0 Å². The molecule has 0 saturated carbocycles. The number of amides is 1. The lowest BCUT2D eigenvalue weighted by Crippen LogP contribution is -2.49. The van der Waals surface area contributed by atoms with E-state index in [0.29, 0.717) is 17.9 Å². The maximum Gasteiger partial charge on any atom is 0.254 e. The molecule has 0 aliphatic carbocycles. The van der Waals surface area contributed by atoms with Crippen LogP contribution in [0.25, 0.3) is 0 Å². The average Bonchev–Trinajstić information content (AvgIpc) is 2.73. The lowest BCUT2D eigenvalue weighted by atomic mass is 10.1. The first-order valence-electron chi connectivity index (χ1n) is 9.93. The lowest BCUT2D eigenvalue weighted by molar-refractivity contribution is 0.0630. The van der Waals surface area contributed by atoms with E-state index in [1.807, 2.05) is 23.1 Å². The second-order valence-electron chi connectivity index (χ2n) is 7.29. The van der Waals surface area contributed by atoms with Gasteiger partial charge in [-0.05, 0) is 49.6 Å². The van der Waals surface area contributed by atoms with Crippen molar-refractivity contribution in [1.82, 2.24) is 9.80 Å². The van der Waals surface area contributed by atoms with E-state index < -0.39 is 0 Å². The van der Waals surface area contributed by atoms with E-state index in [1.54, 1.807) is 13.2 Å². The van der Waals surface area contributed by atoms with Crippen LogP contribution in [-0.4, -0.2) is 62.1 Å². The molecule has 1 aliphatic rings. The van der Waals surface area contributed by atoms with Gasteiger partial charge in [0.25, 0.3) is 5.91 Å². The zero-order chi connectivity index (χ0) is 19.9. The summed E-state index contributed by atoms with van der Waals surface area (Å²) in [7, 11) is 1.62. The van der Waals surface area contributed by atoms with Crippen LogP contribution in [0.3, 0.4) is 0 Å². The fourth-order valence-corrected chi connectivity index (χ4v) is 3.60. The molecule has 1 fully saturated rings. The number of para-hydroxylation sites is 1. The Morgan fingerprint density at radius 2 is 1.68 bits per heavy atom. The smallest absolute Gasteiger partial charge is 0.254 e. The maximum absolute atomic E-state index is 12.7. The summed E-state index contributed by atoms with van der Waals surface area (Å²) in [5.74, 6) is 1.81. The monoisotopic (exact) mass is 382 g/mol. The van der Waals surface area contributed by atoms with Crippen molar-refractivity contribution in [3.63, 3.8) is 0 Å². The van der Waals surface area contributed by atoms with Crippen molar-refractivity contribution in [1.29, 1.82) is 0 Å². The van der Waals surface area contributed by atoms with Crippen LogP contribution in [-0.2, 0) is 0 Å². The molecule has 5 nitrogen and oxygen atoms in total. The van der Waals surface area contributed by atoms with Gasteiger partial charge in [-0.3, -0.25) is 9.69 Å². The fourth-order valence-electron chi connectivity index (χ4n) is 3.60. The highest BCUT2D eigenvalue weighted by molar-refractivity contribution is 5.94. The lowest BCUT2D eigenvalue weighted by Gasteiger charge is -2.34. The summed E-state index contributed by atoms with van der Waals surface area (Å²) in [6, 6.07) is 13.6. The van der Waals surface area contributed by atoms with Gasteiger partial charge in [-0.2, -0.15) is 0 Å². The molecule has 0 unspecified atom stereocenters. The standard InChI is InChI=1S/C23H30N2O3/c1-18-7-4-8-19(2)22(18)28-16-6-11-24-12-14-25(15-13-24)23(26)20-9-5-10-21(17-20)27-3/h4-5,7-10,17H,6,11-16H2,1-3H3. The third kappa shape index (κ3) is 5.04. The van der Waals surface area contributed by atoms with E-state index in [-0.39, 0.29) is 5.91 Å². The molecule has 0 atom stereocenters. The van der Waals surface area contributed by atoms with E-state index in [0.717, 1.165) is 44.9 Å². The molecule has 28 heavy (non-hydrogen) atoms. The van der Waals surface area contributed by atoms with Gasteiger partial charge in [0.2, 0.25) is 0 Å². The molecule has 150 valence electrons. The van der Waals surface area contributed by atoms with Gasteiger partial charge in [0.05, 0.1) is 13.7 Å². The summed E-state index contributed by atoms with van der Waals surface area (Å²) >= 11 is 0. The number of piperazine rings is 1. The molecule has 1 saturated heterocycles. The Morgan fingerprint density at radius 1 is 1.00 bits per heavy atom. The average molecular weight is 383 g/mol. The normalized spacial score (nSPS) is 14.8. The topological polar surface area (TPSA) is 42.0 Å². The summed E-state index contributed by atoms with van der Waals surface area (Å²) in [6.07, 6.45) is 0.984. The summed E-state index contributed by atoms with van der Waals surface area (Å²) in [5, 5.41) is 0. The first kappa shape index (κ1) is 20.2. The van der Waals surface area contributed by atoms with Crippen molar-refractivity contribution in [2.45, 2.75) is 20.3 Å². The quantitative estimate of drug-likeness (QED) is 0.687. The molecular formula is C23H30N2O3. The van der Waals surface area contributed by atoms with Gasteiger partial charge < -0.3 is 14.4 Å². The minimum absolute atomic E-state index is 0.0805. The molecule has 0 aromatic heterocycles. The summed E-state index contributed by atoms with van der Waals surface area (Å²) in [4.78, 5) is 17.0. The number of benzene rings is 2. The van der Waals surface area contributed by atoms with E-state index in [2.05, 4.69) is 36.9 Å². The van der Waals surface area contributed by atoms with E-state index in [9.17, 15) is 4.79 Å². The third-order valence-corrected chi connectivity index (χ3v) is 5.25. The van der Waals surface area contributed by atoms with Gasteiger partial charge in [-0.25, -0.2) is 0 Å². The molecular weight excluding hydrogens is 352 g/mol. The highest BCUT2D eigenvalue weighted by atomic mass is 16.5. The number of aryl methyl sites for hydroxylation is 2. The van der Waals surface area contributed by atoms with Gasteiger partial charge in [-0.15, -0.1) is 0 Å². The van der Waals surface area contributed by atoms with Gasteiger partial charge in [0.1, 0.15) is 11.5 Å². The number of carbonyl (C=O) groups excluding carboxylic acids is 1. The molecule has 5 heteroatoms. The Morgan fingerprint density at radius 3 is 2.36 bits per heavy atom. The second-order valence-corrected chi connectivity index (χ2v) is 7.29. The van der Waals surface area contributed by atoms with E-state index in [4.69, 9.17) is 9.47 Å². The first-order chi connectivity index (χ1) is 13.6. The van der Waals surface area contributed by atoms with Gasteiger partial charge in [0.15, 0.2) is 0 Å². The van der Waals surface area contributed by atoms with Gasteiger partial charge in [0, 0.05) is 38.3 Å². The van der Waals surface area contributed by atoms with Crippen LogP contribution in [0, 0.1) is 13.8 Å². The molecule has 1 amide bonds. The predicted octanol–water partition coefficient (Wildman–Crippen LogP) is 3.54. The highest BCUT2D eigenvalue weighted by Gasteiger charge is 2.22. The van der Waals surface area contributed by atoms with Crippen molar-refractivity contribution in [3.8, 4) is 11.5 Å². The van der Waals surface area contributed by atoms with Crippen LogP contribution in [0.4, 0.5) is 0 Å². The maximum atomic E-state index is 12.7. The molecule has 2 aromatic rings. The Bertz CT molecular complexity index is 778. The number of hydrogen-bond donors (Lipinski definition) is 0. The van der Waals surface area contributed by atoms with Crippen LogP contribution < -0.4 is 9.47 Å². The molecule has 3 rings (SSSR count). The van der Waals surface area contributed by atoms with Crippen molar-refractivity contribution >= 4 is 5.91 Å². The number of methoxy groups -OCH3 is 1. The largest absolute Gasteiger partial charge is 0.497 e. The predicted molar refractivity (Wildman–Crippen MR) is 111 cm³/mol. The molecule has 0 radical (unpaired) electrons. The minimum Gasteiger partial charge on any atom is -0.497 e. The highest BCUT2D eigenvalue weighted by Crippen LogP contribution is 2.22. The summed E-state index contributed by atoms with van der Waals surface area (Å²) in [6.45, 7) is 9.20. The SMILES string of the molecule is COc1cccc(C(=O)N2CCN(CCCOc3c(C)cccc3C)CC2)c1. The number of hydrogen-bond acceptors (Lipinski definition) is 4. The Kier molecular flexibility index (Phi) is 6.93. The molecule has 1 aliphatic heterocycles. The van der Waals surface area contributed by atoms with Crippen LogP contribution >= 0.6 is 0 Å². The zero-order valence-electron chi connectivity index (χ0n) is 17.1. The van der Waals surface area contributed by atoms with Crippen molar-refractivity contribution < 1.29 is 14.3 Å². The van der Waals surface area contributed by atoms with Crippen LogP contribution in [0.15, 0.2) is 42.5 Å². The number of nitrogens with zero attached hydrogens (tertiary/aromatic N) is 2. The van der Waals surface area contributed by atoms with E-state index in [1.165, 1.54) is 11.1 Å². The van der Waals surface area contributed by atoms with Gasteiger partial charge in [-0.1, -0.05) is 24.3 Å². The van der Waals surface area contributed by atoms with Crippen molar-refractivity contribution in [2.75, 3.05) is 46.4 Å². The molecule has 0 bridgehead atoms. The summed E-state index contributed by atoms with van der Waals surface area (Å²) < 4.78 is 11.2. The molecule has 0 spiro atoms. The van der Waals surface area contributed by atoms with Crippen molar-refractivity contribution in [2.24, 2.45) is 0 Å². The zero-order valence-corrected chi connectivity index (χ0v) is 17.1. The Balaban J connectivity index is 1.41. The van der Waals surface area contributed by atoms with Crippen molar-refractivity contribution in [3.05, 3.63) is 59.2 Å². The van der Waals surface area contributed by atoms with E-state index >= 15 is 0 Å². The first-order valence-corrected chi connectivity index (χ1v) is 9.93. The summed E-state index contributed by atoms with van der Waals surface area (Å²) in [5.41, 5.74) is 3.06. The molecule has 1 heterocycles. The number of carbonyl (C=O) groups is 1. The number of rotatable bonds is 7. The van der Waals surface area contributed by atoms with Crippen LogP contribution in [0.5, 0.6) is 11.5 Å². The Hall–Kier alpha value is -2.53. The molecule has 2 aromatic carbocycles. The molecule has 0 N–H and O–H groups in total. The van der Waals surface area contributed by atoms with Crippen LogP contribution in [0.1, 0.15) is 27.9 Å². The third-order valence-electron chi connectivity index (χ3n) is 5.25. The fraction of sp³-hybridized carbons (Fsp3) is 0.435.